The van der Waals surface area contributed by atoms with Crippen LogP contribution in [0.4, 0.5) is 22.4 Å². The zero-order valence-corrected chi connectivity index (χ0v) is 26.3. The Balaban J connectivity index is 0.000000591. The molecule has 8 nitrogen and oxygen atoms in total. The number of fused-ring (bicyclic) bond motifs is 3. The number of methoxy groups -OCH3 is 1. The lowest BCUT2D eigenvalue weighted by atomic mass is 9.83. The minimum atomic E-state index is -5.19. The lowest BCUT2D eigenvalue weighted by Crippen LogP contribution is -2.65. The van der Waals surface area contributed by atoms with Gasteiger partial charge in [-0.25, -0.2) is 9.18 Å². The summed E-state index contributed by atoms with van der Waals surface area (Å²) in [6, 6.07) is 11.0. The van der Waals surface area contributed by atoms with Crippen LogP contribution in [-0.4, -0.2) is 67.0 Å². The Labute approximate surface area is 263 Å². The van der Waals surface area contributed by atoms with Gasteiger partial charge < -0.3 is 28.3 Å². The van der Waals surface area contributed by atoms with Gasteiger partial charge in [0, 0.05) is 47.3 Å². The standard InChI is InChI=1S/C30H38FN2O4S.C2HF3O2/c1-21-16-25(22(2)36-21)19-32(18-24-8-9-26(35-3)17-28(24)31)30(34)37-29-20-33(13-10-23(29)11-14-33)12-4-6-27-7-5-15-38-27;3-2(4,5)1(6)7/h5,7-9,15-17,23,29H,4,6,10-14,18-20H2,1-3H3;(H,6,7)/q+1;/p-1/t23?,29-,33?;/m0./s1. The second-order valence-electron chi connectivity index (χ2n) is 11.7. The van der Waals surface area contributed by atoms with Crippen LogP contribution in [0.25, 0.3) is 0 Å². The summed E-state index contributed by atoms with van der Waals surface area (Å²) in [5, 5.41) is 10.9. The number of hydrogen-bond acceptors (Lipinski definition) is 7. The maximum absolute atomic E-state index is 14.9. The van der Waals surface area contributed by atoms with Crippen LogP contribution < -0.4 is 9.84 Å². The first-order valence-electron chi connectivity index (χ1n) is 14.8. The molecule has 3 saturated heterocycles. The number of halogens is 4. The largest absolute Gasteiger partial charge is 0.542 e. The van der Waals surface area contributed by atoms with E-state index in [1.807, 2.05) is 31.3 Å². The van der Waals surface area contributed by atoms with Crippen LogP contribution in [-0.2, 0) is 29.0 Å². The molecule has 3 fully saturated rings. The van der Waals surface area contributed by atoms with E-state index in [2.05, 4.69) is 17.5 Å². The van der Waals surface area contributed by atoms with E-state index in [-0.39, 0.29) is 12.6 Å². The molecule has 3 aromatic rings. The van der Waals surface area contributed by atoms with Crippen molar-refractivity contribution in [2.24, 2.45) is 5.92 Å². The van der Waals surface area contributed by atoms with E-state index in [0.29, 0.717) is 23.8 Å². The summed E-state index contributed by atoms with van der Waals surface area (Å²) in [7, 11) is 1.51. The number of ether oxygens (including phenoxy) is 2. The number of carboxylic acid groups (broad SMARTS) is 1. The molecular formula is C32H38F4N2O6S. The van der Waals surface area contributed by atoms with Crippen molar-refractivity contribution in [3.8, 4) is 5.75 Å². The van der Waals surface area contributed by atoms with Crippen LogP contribution in [0.1, 0.15) is 46.8 Å². The number of carbonyl (C=O) groups is 2. The molecule has 1 aromatic carbocycles. The van der Waals surface area contributed by atoms with Gasteiger partial charge in [0.05, 0.1) is 39.8 Å². The summed E-state index contributed by atoms with van der Waals surface area (Å²) in [5.41, 5.74) is 1.32. The second-order valence-corrected chi connectivity index (χ2v) is 12.7. The molecule has 246 valence electrons. The average Bonchev–Trinajstić information content (AvgIpc) is 3.62. The smallest absolute Gasteiger partial charge is 0.430 e. The number of aryl methyl sites for hydroxylation is 3. The van der Waals surface area contributed by atoms with Crippen LogP contribution in [0.2, 0.25) is 0 Å². The van der Waals surface area contributed by atoms with Crippen molar-refractivity contribution in [2.45, 2.75) is 64.9 Å². The summed E-state index contributed by atoms with van der Waals surface area (Å²) in [6.45, 7) is 8.49. The summed E-state index contributed by atoms with van der Waals surface area (Å²) < 4.78 is 64.5. The van der Waals surface area contributed by atoms with Crippen LogP contribution in [0, 0.1) is 25.6 Å². The number of rotatable bonds is 10. The maximum Gasteiger partial charge on any atom is 0.430 e. The lowest BCUT2D eigenvalue weighted by Gasteiger charge is -2.52. The third-order valence-electron chi connectivity index (χ3n) is 8.55. The minimum Gasteiger partial charge on any atom is -0.542 e. The molecule has 2 bridgehead atoms. The molecule has 3 aliphatic heterocycles. The van der Waals surface area contributed by atoms with Crippen molar-refractivity contribution in [2.75, 3.05) is 33.3 Å². The summed E-state index contributed by atoms with van der Waals surface area (Å²) in [5.74, 6) is -1.02. The number of amides is 1. The predicted molar refractivity (Wildman–Crippen MR) is 157 cm³/mol. The molecule has 0 radical (unpaired) electrons. The fourth-order valence-electron chi connectivity index (χ4n) is 6.14. The first kappa shape index (κ1) is 34.3. The highest BCUT2D eigenvalue weighted by Crippen LogP contribution is 2.36. The molecule has 0 saturated carbocycles. The third kappa shape index (κ3) is 9.23. The Morgan fingerprint density at radius 1 is 1.11 bits per heavy atom. The van der Waals surface area contributed by atoms with E-state index in [0.717, 1.165) is 73.4 Å². The number of hydrogen-bond donors (Lipinski definition) is 0. The molecule has 1 atom stereocenters. The van der Waals surface area contributed by atoms with Gasteiger partial charge in [0.2, 0.25) is 0 Å². The highest BCUT2D eigenvalue weighted by atomic mass is 32.1. The van der Waals surface area contributed by atoms with E-state index in [9.17, 15) is 22.4 Å². The minimum absolute atomic E-state index is 0.108. The molecular weight excluding hydrogens is 616 g/mol. The number of carboxylic acids is 1. The summed E-state index contributed by atoms with van der Waals surface area (Å²) >= 11 is 1.82. The van der Waals surface area contributed by atoms with Crippen LogP contribution in [0.3, 0.4) is 0 Å². The van der Waals surface area contributed by atoms with Gasteiger partial charge in [-0.05, 0) is 43.8 Å². The van der Waals surface area contributed by atoms with E-state index < -0.39 is 24.1 Å². The number of aliphatic carboxylic acids is 1. The van der Waals surface area contributed by atoms with Gasteiger partial charge in [-0.2, -0.15) is 13.2 Å². The molecule has 0 spiro atoms. The number of thiophene rings is 1. The van der Waals surface area contributed by atoms with Gasteiger partial charge in [0.15, 0.2) is 6.10 Å². The number of piperidine rings is 3. The van der Waals surface area contributed by atoms with Crippen molar-refractivity contribution < 1.29 is 50.6 Å². The molecule has 5 heterocycles. The van der Waals surface area contributed by atoms with Crippen molar-refractivity contribution in [1.82, 2.24) is 4.90 Å². The van der Waals surface area contributed by atoms with Gasteiger partial charge in [-0.1, -0.05) is 12.1 Å². The quantitative estimate of drug-likeness (QED) is 0.203. The third-order valence-corrected chi connectivity index (χ3v) is 9.48. The number of nitrogens with zero attached hydrogens (tertiary/aromatic N) is 2. The number of furan rings is 1. The fourth-order valence-corrected chi connectivity index (χ4v) is 6.89. The van der Waals surface area contributed by atoms with Gasteiger partial charge >= 0.3 is 12.3 Å². The van der Waals surface area contributed by atoms with Crippen LogP contribution in [0.5, 0.6) is 5.75 Å². The SMILES string of the molecule is COc1ccc(CN(Cc2cc(C)oc2C)C(=O)O[C@H]2C[N+]3(CCCc4cccs4)CCC2CC3)c(F)c1.O=C([O-])C(F)(F)F. The monoisotopic (exact) mass is 654 g/mol. The van der Waals surface area contributed by atoms with Gasteiger partial charge in [-0.3, -0.25) is 4.90 Å². The van der Waals surface area contributed by atoms with E-state index in [4.69, 9.17) is 23.8 Å². The average molecular weight is 655 g/mol. The molecule has 13 heteroatoms. The maximum atomic E-state index is 14.9. The van der Waals surface area contributed by atoms with E-state index >= 15 is 0 Å². The predicted octanol–water partition coefficient (Wildman–Crippen LogP) is 5.78. The first-order chi connectivity index (χ1) is 21.3. The topological polar surface area (TPSA) is 92.0 Å². The molecule has 0 unspecified atom stereocenters. The highest BCUT2D eigenvalue weighted by Gasteiger charge is 2.47. The zero-order valence-electron chi connectivity index (χ0n) is 25.5. The lowest BCUT2D eigenvalue weighted by molar-refractivity contribution is -0.946. The Kier molecular flexibility index (Phi) is 11.2. The molecule has 0 N–H and O–H groups in total. The Hall–Kier alpha value is -3.58. The van der Waals surface area contributed by atoms with Crippen molar-refractivity contribution in [3.63, 3.8) is 0 Å². The van der Waals surface area contributed by atoms with Gasteiger partial charge in [-0.15, -0.1) is 11.3 Å². The summed E-state index contributed by atoms with van der Waals surface area (Å²) in [6.07, 6.45) is -1.27. The van der Waals surface area contributed by atoms with Crippen molar-refractivity contribution in [1.29, 1.82) is 0 Å². The molecule has 45 heavy (non-hydrogen) atoms. The zero-order chi connectivity index (χ0) is 32.8. The van der Waals surface area contributed by atoms with Gasteiger partial charge in [0.1, 0.15) is 35.6 Å². The first-order valence-corrected chi connectivity index (χ1v) is 15.7. The Bertz CT molecular complexity index is 1430. The number of benzene rings is 1. The Morgan fingerprint density at radius 2 is 1.80 bits per heavy atom. The van der Waals surface area contributed by atoms with Crippen molar-refractivity contribution in [3.05, 3.63) is 75.1 Å². The fraction of sp³-hybridized carbons (Fsp3) is 0.500. The van der Waals surface area contributed by atoms with Crippen molar-refractivity contribution >= 4 is 23.4 Å². The summed E-state index contributed by atoms with van der Waals surface area (Å²) in [4.78, 5) is 25.5. The number of carbonyl (C=O) groups excluding carboxylic acids is 2. The molecule has 0 aliphatic carbocycles. The molecule has 6 rings (SSSR count). The normalized spacial score (nSPS) is 20.7. The van der Waals surface area contributed by atoms with E-state index in [1.54, 1.807) is 17.0 Å². The van der Waals surface area contributed by atoms with E-state index in [1.165, 1.54) is 18.1 Å². The van der Waals surface area contributed by atoms with Gasteiger partial charge in [0.25, 0.3) is 0 Å². The Morgan fingerprint density at radius 3 is 2.36 bits per heavy atom. The molecule has 3 aliphatic rings. The molecule has 1 amide bonds. The van der Waals surface area contributed by atoms with Crippen LogP contribution in [0.15, 0.2) is 46.2 Å². The highest BCUT2D eigenvalue weighted by molar-refractivity contribution is 7.09. The number of quaternary nitrogens is 1. The number of alkyl halides is 3. The second kappa shape index (κ2) is 14.7. The van der Waals surface area contributed by atoms with Crippen LogP contribution >= 0.6 is 11.3 Å². The molecule has 2 aromatic heterocycles.